The van der Waals surface area contributed by atoms with Crippen molar-refractivity contribution < 1.29 is 14.3 Å². The number of aromatic nitrogens is 4. The Bertz CT molecular complexity index is 1070. The summed E-state index contributed by atoms with van der Waals surface area (Å²) in [5.74, 6) is -0.940. The van der Waals surface area contributed by atoms with E-state index in [9.17, 15) is 9.18 Å². The maximum absolute atomic E-state index is 13.9. The van der Waals surface area contributed by atoms with Gasteiger partial charge in [-0.15, -0.1) is 0 Å². The van der Waals surface area contributed by atoms with Crippen LogP contribution in [-0.2, 0) is 0 Å². The number of aromatic carboxylic acids is 1. The number of carboxylic acid groups (broad SMARTS) is 1. The third-order valence-electron chi connectivity index (χ3n) is 3.77. The summed E-state index contributed by atoms with van der Waals surface area (Å²) in [6, 6.07) is 11.1. The molecule has 0 saturated carbocycles. The van der Waals surface area contributed by atoms with E-state index in [0.29, 0.717) is 33.7 Å². The number of H-pyrrole nitrogens is 2. The monoisotopic (exact) mass is 322 g/mol. The van der Waals surface area contributed by atoms with Crippen molar-refractivity contribution >= 4 is 16.9 Å². The third kappa shape index (κ3) is 2.23. The van der Waals surface area contributed by atoms with Gasteiger partial charge in [0.05, 0.1) is 23.0 Å². The molecule has 2 aromatic heterocycles. The van der Waals surface area contributed by atoms with E-state index in [0.717, 1.165) is 0 Å². The van der Waals surface area contributed by atoms with E-state index in [-0.39, 0.29) is 11.4 Å². The molecule has 3 N–H and O–H groups in total. The number of rotatable bonds is 3. The summed E-state index contributed by atoms with van der Waals surface area (Å²) in [7, 11) is 0. The number of benzene rings is 2. The molecule has 0 atom stereocenters. The molecule has 0 aliphatic carbocycles. The molecule has 2 heterocycles. The Kier molecular flexibility index (Phi) is 3.13. The summed E-state index contributed by atoms with van der Waals surface area (Å²) in [6.07, 6.45) is 1.52. The molecule has 0 unspecified atom stereocenters. The van der Waals surface area contributed by atoms with E-state index in [1.807, 2.05) is 0 Å². The first kappa shape index (κ1) is 14.1. The van der Waals surface area contributed by atoms with Gasteiger partial charge in [0, 0.05) is 10.9 Å². The van der Waals surface area contributed by atoms with E-state index in [4.69, 9.17) is 5.11 Å². The predicted octanol–water partition coefficient (Wildman–Crippen LogP) is 3.46. The zero-order chi connectivity index (χ0) is 16.7. The molecule has 0 radical (unpaired) electrons. The van der Waals surface area contributed by atoms with Gasteiger partial charge in [-0.25, -0.2) is 14.2 Å². The number of fused-ring (bicyclic) bond motifs is 1. The second kappa shape index (κ2) is 5.31. The van der Waals surface area contributed by atoms with Gasteiger partial charge in [-0.1, -0.05) is 12.1 Å². The summed E-state index contributed by atoms with van der Waals surface area (Å²) < 4.78 is 13.9. The standard InChI is InChI=1S/C17H11FN4O2/c18-12-4-2-1-3-10(12)14-8-19-16(20-14)15-11-7-9(17(23)24)5-6-13(11)21-22-15/h1-8H,(H,19,20)(H,21,22)(H,23,24). The number of imidazole rings is 1. The fraction of sp³-hybridized carbons (Fsp3) is 0. The van der Waals surface area contributed by atoms with E-state index >= 15 is 0 Å². The van der Waals surface area contributed by atoms with Gasteiger partial charge in [-0.05, 0) is 30.3 Å². The quantitative estimate of drug-likeness (QED) is 0.538. The van der Waals surface area contributed by atoms with Crippen LogP contribution < -0.4 is 0 Å². The molecule has 4 aromatic rings. The van der Waals surface area contributed by atoms with Crippen molar-refractivity contribution in [2.75, 3.05) is 0 Å². The Morgan fingerprint density at radius 2 is 2.00 bits per heavy atom. The Labute approximate surface area is 135 Å². The second-order valence-corrected chi connectivity index (χ2v) is 5.26. The number of hydrogen-bond acceptors (Lipinski definition) is 3. The number of halogens is 1. The van der Waals surface area contributed by atoms with Crippen LogP contribution in [0.5, 0.6) is 0 Å². The Morgan fingerprint density at radius 1 is 1.17 bits per heavy atom. The fourth-order valence-corrected chi connectivity index (χ4v) is 2.59. The third-order valence-corrected chi connectivity index (χ3v) is 3.77. The lowest BCUT2D eigenvalue weighted by Crippen LogP contribution is -1.95. The highest BCUT2D eigenvalue weighted by molar-refractivity contribution is 5.98. The average Bonchev–Trinajstić information content (AvgIpc) is 3.21. The number of nitrogens with one attached hydrogen (secondary N) is 2. The molecule has 0 amide bonds. The highest BCUT2D eigenvalue weighted by atomic mass is 19.1. The largest absolute Gasteiger partial charge is 0.478 e. The normalized spacial score (nSPS) is 11.0. The van der Waals surface area contributed by atoms with Gasteiger partial charge >= 0.3 is 5.97 Å². The zero-order valence-corrected chi connectivity index (χ0v) is 12.2. The lowest BCUT2D eigenvalue weighted by molar-refractivity contribution is 0.0697. The van der Waals surface area contributed by atoms with Gasteiger partial charge in [0.15, 0.2) is 5.82 Å². The average molecular weight is 322 g/mol. The van der Waals surface area contributed by atoms with Crippen LogP contribution in [0.2, 0.25) is 0 Å². The van der Waals surface area contributed by atoms with Crippen LogP contribution in [0.1, 0.15) is 10.4 Å². The van der Waals surface area contributed by atoms with Crippen LogP contribution in [0, 0.1) is 5.82 Å². The van der Waals surface area contributed by atoms with Gasteiger partial charge in [-0.2, -0.15) is 5.10 Å². The number of carbonyl (C=O) groups is 1. The van der Waals surface area contributed by atoms with E-state index < -0.39 is 5.97 Å². The molecular weight excluding hydrogens is 311 g/mol. The zero-order valence-electron chi connectivity index (χ0n) is 12.2. The minimum absolute atomic E-state index is 0.158. The summed E-state index contributed by atoms with van der Waals surface area (Å²) in [6.45, 7) is 0. The van der Waals surface area contributed by atoms with Crippen LogP contribution in [0.15, 0.2) is 48.7 Å². The molecule has 0 bridgehead atoms. The van der Waals surface area contributed by atoms with E-state index in [2.05, 4.69) is 20.2 Å². The highest BCUT2D eigenvalue weighted by Gasteiger charge is 2.15. The predicted molar refractivity (Wildman–Crippen MR) is 86.0 cm³/mol. The van der Waals surface area contributed by atoms with Crippen LogP contribution in [0.25, 0.3) is 33.7 Å². The maximum Gasteiger partial charge on any atom is 0.335 e. The molecule has 7 heteroatoms. The van der Waals surface area contributed by atoms with Crippen molar-refractivity contribution in [1.82, 2.24) is 20.2 Å². The van der Waals surface area contributed by atoms with Gasteiger partial charge in [0.1, 0.15) is 11.5 Å². The van der Waals surface area contributed by atoms with Crippen LogP contribution in [-0.4, -0.2) is 31.2 Å². The Morgan fingerprint density at radius 3 is 2.79 bits per heavy atom. The SMILES string of the molecule is O=C(O)c1ccc2[nH]nc(-c3ncc(-c4ccccc4F)[nH]3)c2c1. The first-order chi connectivity index (χ1) is 11.6. The molecule has 4 rings (SSSR count). The van der Waals surface area contributed by atoms with Crippen LogP contribution >= 0.6 is 0 Å². The minimum atomic E-state index is -1.02. The Balaban J connectivity index is 1.83. The summed E-state index contributed by atoms with van der Waals surface area (Å²) >= 11 is 0. The number of aromatic amines is 2. The molecule has 0 fully saturated rings. The van der Waals surface area contributed by atoms with Gasteiger partial charge in [0.25, 0.3) is 0 Å². The maximum atomic E-state index is 13.9. The smallest absolute Gasteiger partial charge is 0.335 e. The molecule has 0 spiro atoms. The first-order valence-electron chi connectivity index (χ1n) is 7.15. The highest BCUT2D eigenvalue weighted by Crippen LogP contribution is 2.28. The molecule has 118 valence electrons. The van der Waals surface area contributed by atoms with Gasteiger partial charge < -0.3 is 10.1 Å². The lowest BCUT2D eigenvalue weighted by atomic mass is 10.1. The van der Waals surface area contributed by atoms with Crippen molar-refractivity contribution in [2.24, 2.45) is 0 Å². The molecule has 0 aliphatic heterocycles. The number of nitrogens with zero attached hydrogens (tertiary/aromatic N) is 2. The molecular formula is C17H11FN4O2. The molecule has 24 heavy (non-hydrogen) atoms. The van der Waals surface area contributed by atoms with E-state index in [1.165, 1.54) is 24.4 Å². The van der Waals surface area contributed by atoms with Crippen molar-refractivity contribution in [3.63, 3.8) is 0 Å². The van der Waals surface area contributed by atoms with Crippen LogP contribution in [0.3, 0.4) is 0 Å². The van der Waals surface area contributed by atoms with Crippen molar-refractivity contribution in [2.45, 2.75) is 0 Å². The summed E-state index contributed by atoms with van der Waals surface area (Å²) in [5.41, 5.74) is 2.26. The molecule has 6 nitrogen and oxygen atoms in total. The summed E-state index contributed by atoms with van der Waals surface area (Å²) in [4.78, 5) is 18.4. The van der Waals surface area contributed by atoms with Crippen molar-refractivity contribution in [1.29, 1.82) is 0 Å². The van der Waals surface area contributed by atoms with Crippen molar-refractivity contribution in [3.05, 3.63) is 60.0 Å². The second-order valence-electron chi connectivity index (χ2n) is 5.26. The number of carboxylic acids is 1. The first-order valence-corrected chi connectivity index (χ1v) is 7.15. The minimum Gasteiger partial charge on any atom is -0.478 e. The van der Waals surface area contributed by atoms with Crippen LogP contribution in [0.4, 0.5) is 4.39 Å². The Hall–Kier alpha value is -3.48. The molecule has 0 saturated heterocycles. The topological polar surface area (TPSA) is 94.7 Å². The van der Waals surface area contributed by atoms with E-state index in [1.54, 1.807) is 24.3 Å². The number of hydrogen-bond donors (Lipinski definition) is 3. The van der Waals surface area contributed by atoms with Crippen molar-refractivity contribution in [3.8, 4) is 22.8 Å². The lowest BCUT2D eigenvalue weighted by Gasteiger charge is -1.99. The molecule has 0 aliphatic rings. The molecule has 2 aromatic carbocycles. The summed E-state index contributed by atoms with van der Waals surface area (Å²) in [5, 5.41) is 16.8. The van der Waals surface area contributed by atoms with Gasteiger partial charge in [-0.3, -0.25) is 5.10 Å². The fourth-order valence-electron chi connectivity index (χ4n) is 2.59. The van der Waals surface area contributed by atoms with Gasteiger partial charge in [0.2, 0.25) is 0 Å².